The third kappa shape index (κ3) is 4.88. The Hall–Kier alpha value is -4.15. The number of anilines is 2. The van der Waals surface area contributed by atoms with Gasteiger partial charge in [0.15, 0.2) is 5.78 Å². The van der Waals surface area contributed by atoms with Gasteiger partial charge in [0.2, 0.25) is 0 Å². The van der Waals surface area contributed by atoms with Crippen LogP contribution in [0.25, 0.3) is 11.0 Å². The van der Waals surface area contributed by atoms with Gasteiger partial charge in [-0.05, 0) is 49.2 Å². The molecule has 0 bridgehead atoms. The van der Waals surface area contributed by atoms with E-state index in [4.69, 9.17) is 4.74 Å². The molecule has 1 saturated heterocycles. The van der Waals surface area contributed by atoms with Crippen molar-refractivity contribution in [2.24, 2.45) is 0 Å². The second-order valence-electron chi connectivity index (χ2n) is 8.28. The molecule has 0 unspecified atom stereocenters. The number of pyridine rings is 1. The van der Waals surface area contributed by atoms with E-state index in [1.54, 1.807) is 54.9 Å². The molecule has 1 fully saturated rings. The van der Waals surface area contributed by atoms with E-state index in [0.717, 1.165) is 12.8 Å². The van der Waals surface area contributed by atoms with Gasteiger partial charge in [0.1, 0.15) is 23.5 Å². The van der Waals surface area contributed by atoms with Gasteiger partial charge in [0, 0.05) is 23.6 Å². The molecule has 0 radical (unpaired) electrons. The lowest BCUT2D eigenvalue weighted by atomic mass is 10.0. The highest BCUT2D eigenvalue weighted by Crippen LogP contribution is 2.28. The van der Waals surface area contributed by atoms with E-state index in [0.29, 0.717) is 46.0 Å². The minimum Gasteiger partial charge on any atom is -0.394 e. The summed E-state index contributed by atoms with van der Waals surface area (Å²) < 4.78 is 5.65. The molecule has 4 N–H and O–H groups in total. The molecule has 10 nitrogen and oxygen atoms in total. The van der Waals surface area contributed by atoms with Crippen LogP contribution < -0.4 is 10.6 Å². The van der Waals surface area contributed by atoms with Gasteiger partial charge in [-0.25, -0.2) is 9.97 Å². The van der Waals surface area contributed by atoms with Crippen molar-refractivity contribution in [3.8, 4) is 0 Å². The summed E-state index contributed by atoms with van der Waals surface area (Å²) in [5.41, 5.74) is 2.32. The number of nitrogens with zero attached hydrogens (tertiary/aromatic N) is 3. The highest BCUT2D eigenvalue weighted by atomic mass is 16.5. The van der Waals surface area contributed by atoms with Crippen molar-refractivity contribution in [3.05, 3.63) is 78.0 Å². The molecular weight excluding hydrogens is 448 g/mol. The van der Waals surface area contributed by atoms with Gasteiger partial charge in [-0.2, -0.15) is 0 Å². The topological polar surface area (TPSA) is 142 Å². The zero-order valence-corrected chi connectivity index (χ0v) is 18.8. The van der Waals surface area contributed by atoms with Gasteiger partial charge in [0.25, 0.3) is 5.91 Å². The molecule has 0 aliphatic carbocycles. The number of hydrogen-bond donors (Lipinski definition) is 4. The minimum absolute atomic E-state index is 0.00650. The van der Waals surface area contributed by atoms with Crippen LogP contribution in [-0.4, -0.2) is 62.1 Å². The molecule has 0 spiro atoms. The number of ketones is 1. The second-order valence-corrected chi connectivity index (χ2v) is 8.28. The number of aliphatic hydroxyl groups is 1. The summed E-state index contributed by atoms with van der Waals surface area (Å²) in [6.07, 6.45) is 6.04. The second kappa shape index (κ2) is 10.00. The lowest BCUT2D eigenvalue weighted by Crippen LogP contribution is -2.36. The Kier molecular flexibility index (Phi) is 6.47. The van der Waals surface area contributed by atoms with E-state index in [1.165, 1.54) is 6.33 Å². The van der Waals surface area contributed by atoms with Gasteiger partial charge in [0.05, 0.1) is 36.3 Å². The highest BCUT2D eigenvalue weighted by Gasteiger charge is 2.24. The maximum atomic E-state index is 13.3. The van der Waals surface area contributed by atoms with Crippen molar-refractivity contribution in [2.45, 2.75) is 25.0 Å². The van der Waals surface area contributed by atoms with E-state index in [-0.39, 0.29) is 30.4 Å². The van der Waals surface area contributed by atoms with E-state index in [2.05, 4.69) is 30.6 Å². The molecule has 10 heteroatoms. The molecule has 178 valence electrons. The Bertz CT molecular complexity index is 1330. The van der Waals surface area contributed by atoms with Crippen LogP contribution in [0.5, 0.6) is 0 Å². The first-order chi connectivity index (χ1) is 17.1. The molecule has 3 aromatic heterocycles. The molecule has 5 rings (SSSR count). The van der Waals surface area contributed by atoms with Crippen LogP contribution >= 0.6 is 0 Å². The van der Waals surface area contributed by atoms with E-state index in [9.17, 15) is 14.7 Å². The summed E-state index contributed by atoms with van der Waals surface area (Å²) >= 11 is 0. The predicted octanol–water partition coefficient (Wildman–Crippen LogP) is 2.79. The number of aromatic amines is 1. The Morgan fingerprint density at radius 3 is 2.66 bits per heavy atom. The van der Waals surface area contributed by atoms with Crippen LogP contribution in [-0.2, 0) is 4.74 Å². The van der Waals surface area contributed by atoms with E-state index in [1.807, 2.05) is 0 Å². The molecular formula is C25H24N6O4. The highest BCUT2D eigenvalue weighted by molar-refractivity contribution is 6.18. The number of benzene rings is 1. The van der Waals surface area contributed by atoms with Crippen molar-refractivity contribution >= 4 is 34.2 Å². The smallest absolute Gasteiger partial charge is 0.274 e. The Balaban J connectivity index is 1.34. The number of rotatable bonds is 7. The fraction of sp³-hybridized carbons (Fsp3) is 0.240. The average molecular weight is 473 g/mol. The first kappa shape index (κ1) is 22.6. The Morgan fingerprint density at radius 1 is 1.09 bits per heavy atom. The predicted molar refractivity (Wildman–Crippen MR) is 129 cm³/mol. The third-order valence-electron chi connectivity index (χ3n) is 5.93. The first-order valence-corrected chi connectivity index (χ1v) is 11.3. The van der Waals surface area contributed by atoms with Gasteiger partial charge < -0.3 is 25.5 Å². The zero-order valence-electron chi connectivity index (χ0n) is 18.8. The lowest BCUT2D eigenvalue weighted by Gasteiger charge is -2.29. The number of aromatic nitrogens is 4. The maximum absolute atomic E-state index is 13.3. The minimum atomic E-state index is -0.328. The zero-order chi connectivity index (χ0) is 24.2. The van der Waals surface area contributed by atoms with E-state index < -0.39 is 0 Å². The van der Waals surface area contributed by atoms with Gasteiger partial charge >= 0.3 is 0 Å². The largest absolute Gasteiger partial charge is 0.394 e. The number of hydrogen-bond acceptors (Lipinski definition) is 8. The SMILES string of the molecule is O=C(Nc1ccc(C(=O)c2c[nH]c3ncnc(N[C@@H]4CC[C@@H](CO)OC4)c23)cc1)c1ccccn1. The molecule has 4 heterocycles. The van der Waals surface area contributed by atoms with Gasteiger partial charge in [-0.3, -0.25) is 14.6 Å². The quantitative estimate of drug-likeness (QED) is 0.301. The first-order valence-electron chi connectivity index (χ1n) is 11.3. The lowest BCUT2D eigenvalue weighted by molar-refractivity contribution is -0.0224. The van der Waals surface area contributed by atoms with Crippen molar-refractivity contribution in [2.75, 3.05) is 23.8 Å². The molecule has 1 aliphatic rings. The van der Waals surface area contributed by atoms with E-state index >= 15 is 0 Å². The van der Waals surface area contributed by atoms with Crippen molar-refractivity contribution in [1.29, 1.82) is 0 Å². The summed E-state index contributed by atoms with van der Waals surface area (Å²) in [7, 11) is 0. The van der Waals surface area contributed by atoms with Crippen LogP contribution in [0.3, 0.4) is 0 Å². The number of carbonyl (C=O) groups excluding carboxylic acids is 2. The molecule has 2 atom stereocenters. The molecule has 1 amide bonds. The fourth-order valence-electron chi connectivity index (χ4n) is 4.06. The van der Waals surface area contributed by atoms with Crippen LogP contribution in [0.15, 0.2) is 61.2 Å². The number of ether oxygens (including phenoxy) is 1. The molecule has 0 saturated carbocycles. The number of fused-ring (bicyclic) bond motifs is 1. The standard InChI is InChI=1S/C25H24N6O4/c32-12-18-9-8-17(13-35-18)30-24-21-19(11-27-23(21)28-14-29-24)22(33)15-4-6-16(7-5-15)31-25(34)20-3-1-2-10-26-20/h1-7,10-11,14,17-18,32H,8-9,12-13H2,(H,31,34)(H2,27,28,29,30)/t17-,18+/m1/s1. The molecule has 1 aromatic carbocycles. The average Bonchev–Trinajstić information content (AvgIpc) is 3.35. The number of amides is 1. The summed E-state index contributed by atoms with van der Waals surface area (Å²) in [6.45, 7) is 0.447. The maximum Gasteiger partial charge on any atom is 0.274 e. The fourth-order valence-corrected chi connectivity index (χ4v) is 4.06. The third-order valence-corrected chi connectivity index (χ3v) is 5.93. The monoisotopic (exact) mass is 472 g/mol. The molecule has 4 aromatic rings. The van der Waals surface area contributed by atoms with Crippen molar-refractivity contribution in [3.63, 3.8) is 0 Å². The normalized spacial score (nSPS) is 17.7. The van der Waals surface area contributed by atoms with Gasteiger partial charge in [-0.1, -0.05) is 6.07 Å². The summed E-state index contributed by atoms with van der Waals surface area (Å²) in [5, 5.41) is 16.0. The van der Waals surface area contributed by atoms with Crippen molar-refractivity contribution < 1.29 is 19.4 Å². The number of H-pyrrole nitrogens is 1. The number of aliphatic hydroxyl groups excluding tert-OH is 1. The summed E-state index contributed by atoms with van der Waals surface area (Å²) in [4.78, 5) is 41.4. The molecule has 35 heavy (non-hydrogen) atoms. The number of carbonyl (C=O) groups is 2. The molecule has 1 aliphatic heterocycles. The summed E-state index contributed by atoms with van der Waals surface area (Å²) in [5.74, 6) is 0.0259. The van der Waals surface area contributed by atoms with Crippen molar-refractivity contribution in [1.82, 2.24) is 19.9 Å². The van der Waals surface area contributed by atoms with Gasteiger partial charge in [-0.15, -0.1) is 0 Å². The van der Waals surface area contributed by atoms with Crippen LogP contribution in [0.4, 0.5) is 11.5 Å². The number of nitrogens with one attached hydrogen (secondary N) is 3. The Morgan fingerprint density at radius 2 is 1.94 bits per heavy atom. The van der Waals surface area contributed by atoms with Crippen LogP contribution in [0.2, 0.25) is 0 Å². The summed E-state index contributed by atoms with van der Waals surface area (Å²) in [6, 6.07) is 11.8. The van der Waals surface area contributed by atoms with Crippen LogP contribution in [0.1, 0.15) is 39.3 Å². The Labute approximate surface area is 200 Å². The van der Waals surface area contributed by atoms with Crippen LogP contribution in [0, 0.1) is 0 Å².